The molecule has 0 aliphatic heterocycles. The van der Waals surface area contributed by atoms with Gasteiger partial charge in [0, 0.05) is 13.0 Å². The van der Waals surface area contributed by atoms with Crippen molar-refractivity contribution in [3.05, 3.63) is 34.0 Å². The minimum atomic E-state index is -4.82. The molecule has 0 aliphatic carbocycles. The first kappa shape index (κ1) is 17.5. The van der Waals surface area contributed by atoms with Gasteiger partial charge in [0.2, 0.25) is 11.7 Å². The summed E-state index contributed by atoms with van der Waals surface area (Å²) in [4.78, 5) is 21.7. The fourth-order valence-electron chi connectivity index (χ4n) is 1.99. The Balaban J connectivity index is 2.16. The lowest BCUT2D eigenvalue weighted by atomic mass is 10.4. The van der Waals surface area contributed by atoms with Crippen LogP contribution in [0.15, 0.2) is 16.5 Å². The van der Waals surface area contributed by atoms with Crippen molar-refractivity contribution in [2.75, 3.05) is 0 Å². The lowest BCUT2D eigenvalue weighted by Crippen LogP contribution is -2.13. The number of hydrogen-bond donors (Lipinski definition) is 0. The molecule has 3 heterocycles. The van der Waals surface area contributed by atoms with Crippen LogP contribution in [0.2, 0.25) is 10.3 Å². The average molecular weight is 395 g/mol. The molecule has 0 aliphatic rings. The summed E-state index contributed by atoms with van der Waals surface area (Å²) in [5.74, 6) is -1.98. The van der Waals surface area contributed by atoms with Crippen LogP contribution < -0.4 is 0 Å². The van der Waals surface area contributed by atoms with Crippen LogP contribution in [-0.2, 0) is 22.3 Å². The van der Waals surface area contributed by atoms with Crippen molar-refractivity contribution in [1.82, 2.24) is 19.5 Å². The third-order valence-corrected chi connectivity index (χ3v) is 3.58. The number of imidazole rings is 1. The summed E-state index contributed by atoms with van der Waals surface area (Å²) in [5.41, 5.74) is -0.630. The third-order valence-electron chi connectivity index (χ3n) is 2.95. The fourth-order valence-corrected chi connectivity index (χ4v) is 2.23. The normalized spacial score (nSPS) is 11.9. The molecule has 3 aromatic rings. The number of carbonyl (C=O) groups excluding carboxylic acids is 1. The molecule has 0 unspecified atom stereocenters. The average Bonchev–Trinajstić information content (AvgIpc) is 3.09. The maximum atomic E-state index is 13.3. The molecule has 0 saturated carbocycles. The van der Waals surface area contributed by atoms with Crippen LogP contribution in [0.5, 0.6) is 0 Å². The first-order chi connectivity index (χ1) is 11.7. The number of furan rings is 1. The Morgan fingerprint density at radius 1 is 1.24 bits per heavy atom. The van der Waals surface area contributed by atoms with Gasteiger partial charge in [0.15, 0.2) is 21.6 Å². The smallest absolute Gasteiger partial charge is 0.450 e. The minimum absolute atomic E-state index is 0.133. The molecular formula is C13H7Cl2F3N4O3. The van der Waals surface area contributed by atoms with Gasteiger partial charge in [-0.05, 0) is 6.07 Å². The summed E-state index contributed by atoms with van der Waals surface area (Å²) < 4.78 is 50.6. The zero-order valence-electron chi connectivity index (χ0n) is 12.3. The number of esters is 1. The van der Waals surface area contributed by atoms with E-state index in [0.29, 0.717) is 4.57 Å². The van der Waals surface area contributed by atoms with Gasteiger partial charge in [-0.25, -0.2) is 19.5 Å². The molecular weight excluding hydrogens is 388 g/mol. The summed E-state index contributed by atoms with van der Waals surface area (Å²) in [6.45, 7) is 0.956. The zero-order valence-corrected chi connectivity index (χ0v) is 13.8. The van der Waals surface area contributed by atoms with Gasteiger partial charge in [0.05, 0.1) is 0 Å². The first-order valence-corrected chi connectivity index (χ1v) is 7.33. The lowest BCUT2D eigenvalue weighted by molar-refractivity contribution is -0.146. The van der Waals surface area contributed by atoms with Gasteiger partial charge in [0.1, 0.15) is 12.4 Å². The predicted octanol–water partition coefficient (Wildman–Crippen LogP) is 3.80. The highest BCUT2D eigenvalue weighted by Gasteiger charge is 2.39. The van der Waals surface area contributed by atoms with E-state index in [1.54, 1.807) is 0 Å². The Kier molecular flexibility index (Phi) is 4.33. The Morgan fingerprint density at radius 3 is 2.56 bits per heavy atom. The van der Waals surface area contributed by atoms with E-state index < -0.39 is 18.0 Å². The van der Waals surface area contributed by atoms with E-state index in [1.807, 2.05) is 0 Å². The minimum Gasteiger partial charge on any atom is -0.458 e. The Labute approximate surface area is 147 Å². The monoisotopic (exact) mass is 394 g/mol. The fraction of sp³-hybridized carbons (Fsp3) is 0.231. The molecule has 0 radical (unpaired) electrons. The molecule has 0 fully saturated rings. The second-order valence-electron chi connectivity index (χ2n) is 4.74. The van der Waals surface area contributed by atoms with Crippen LogP contribution in [-0.4, -0.2) is 25.5 Å². The highest BCUT2D eigenvalue weighted by atomic mass is 35.5. The van der Waals surface area contributed by atoms with Crippen LogP contribution in [0, 0.1) is 0 Å². The Hall–Kier alpha value is -2.33. The van der Waals surface area contributed by atoms with Gasteiger partial charge in [-0.3, -0.25) is 4.79 Å². The maximum Gasteiger partial charge on any atom is 0.450 e. The molecule has 25 heavy (non-hydrogen) atoms. The second kappa shape index (κ2) is 6.19. The van der Waals surface area contributed by atoms with Crippen LogP contribution in [0.1, 0.15) is 18.5 Å². The summed E-state index contributed by atoms with van der Waals surface area (Å²) >= 11 is 11.4. The van der Waals surface area contributed by atoms with Crippen LogP contribution in [0.25, 0.3) is 17.2 Å². The third kappa shape index (κ3) is 3.40. The molecule has 0 N–H and O–H groups in total. The number of alkyl halides is 3. The number of halogens is 5. The van der Waals surface area contributed by atoms with Crippen molar-refractivity contribution in [1.29, 1.82) is 0 Å². The van der Waals surface area contributed by atoms with Gasteiger partial charge in [-0.15, -0.1) is 0 Å². The standard InChI is InChI=1S/C13H7Cl2F3N4O3/c1-5(23)24-4-6-2-3-7(25-6)22-11-10(19-8(14)9(15)20-11)21-12(22)13(16,17)18/h2-3H,4H2,1H3. The van der Waals surface area contributed by atoms with Crippen molar-refractivity contribution in [3.63, 3.8) is 0 Å². The summed E-state index contributed by atoms with van der Waals surface area (Å²) in [5, 5.41) is -0.557. The molecule has 0 amide bonds. The molecule has 3 rings (SSSR count). The molecule has 132 valence electrons. The van der Waals surface area contributed by atoms with E-state index in [0.717, 1.165) is 0 Å². The number of hydrogen-bond acceptors (Lipinski definition) is 6. The SMILES string of the molecule is CC(=O)OCc1ccc(-n2c(C(F)(F)F)nc3nc(Cl)c(Cl)nc32)o1. The number of nitrogens with zero attached hydrogens (tertiary/aromatic N) is 4. The van der Waals surface area contributed by atoms with E-state index in [9.17, 15) is 18.0 Å². The van der Waals surface area contributed by atoms with Crippen LogP contribution >= 0.6 is 23.2 Å². The summed E-state index contributed by atoms with van der Waals surface area (Å²) in [6, 6.07) is 2.61. The quantitative estimate of drug-likeness (QED) is 0.628. The van der Waals surface area contributed by atoms with Crippen molar-refractivity contribution < 1.29 is 27.1 Å². The van der Waals surface area contributed by atoms with E-state index in [4.69, 9.17) is 32.4 Å². The van der Waals surface area contributed by atoms with Crippen molar-refractivity contribution in [3.8, 4) is 5.88 Å². The molecule has 0 aromatic carbocycles. The highest BCUT2D eigenvalue weighted by Crippen LogP contribution is 2.34. The molecule has 3 aromatic heterocycles. The van der Waals surface area contributed by atoms with Gasteiger partial charge in [-0.2, -0.15) is 13.2 Å². The first-order valence-electron chi connectivity index (χ1n) is 6.58. The molecule has 7 nitrogen and oxygen atoms in total. The van der Waals surface area contributed by atoms with Crippen molar-refractivity contribution in [2.45, 2.75) is 19.7 Å². The Bertz CT molecular complexity index is 967. The second-order valence-corrected chi connectivity index (χ2v) is 5.46. The number of fused-ring (bicyclic) bond motifs is 1. The van der Waals surface area contributed by atoms with E-state index >= 15 is 0 Å². The van der Waals surface area contributed by atoms with Gasteiger partial charge in [-0.1, -0.05) is 23.2 Å². The zero-order chi connectivity index (χ0) is 18.4. The lowest BCUT2D eigenvalue weighted by Gasteiger charge is -2.08. The van der Waals surface area contributed by atoms with E-state index in [2.05, 4.69) is 15.0 Å². The topological polar surface area (TPSA) is 83.0 Å². The summed E-state index contributed by atoms with van der Waals surface area (Å²) in [7, 11) is 0. The van der Waals surface area contributed by atoms with Gasteiger partial charge < -0.3 is 9.15 Å². The number of carbonyl (C=O) groups is 1. The number of ether oxygens (including phenoxy) is 1. The Morgan fingerprint density at radius 2 is 1.92 bits per heavy atom. The molecule has 0 atom stereocenters. The molecule has 0 bridgehead atoms. The molecule has 0 spiro atoms. The van der Waals surface area contributed by atoms with Gasteiger partial charge >= 0.3 is 12.1 Å². The van der Waals surface area contributed by atoms with Crippen molar-refractivity contribution >= 4 is 40.5 Å². The number of rotatable bonds is 3. The van der Waals surface area contributed by atoms with Gasteiger partial charge in [0.25, 0.3) is 0 Å². The van der Waals surface area contributed by atoms with Crippen LogP contribution in [0.3, 0.4) is 0 Å². The predicted molar refractivity (Wildman–Crippen MR) is 79.4 cm³/mol. The molecule has 0 saturated heterocycles. The van der Waals surface area contributed by atoms with Crippen molar-refractivity contribution in [2.24, 2.45) is 0 Å². The summed E-state index contributed by atoms with van der Waals surface area (Å²) in [6.07, 6.45) is -4.82. The highest BCUT2D eigenvalue weighted by molar-refractivity contribution is 6.40. The van der Waals surface area contributed by atoms with E-state index in [-0.39, 0.29) is 39.9 Å². The molecule has 12 heteroatoms. The van der Waals surface area contributed by atoms with E-state index in [1.165, 1.54) is 19.1 Å². The number of aromatic nitrogens is 4. The maximum absolute atomic E-state index is 13.3. The van der Waals surface area contributed by atoms with Crippen LogP contribution in [0.4, 0.5) is 13.2 Å². The largest absolute Gasteiger partial charge is 0.458 e.